The summed E-state index contributed by atoms with van der Waals surface area (Å²) in [4.78, 5) is 8.59. The van der Waals surface area contributed by atoms with Crippen molar-refractivity contribution < 1.29 is 4.42 Å². The van der Waals surface area contributed by atoms with Gasteiger partial charge in [-0.25, -0.2) is 4.98 Å². The van der Waals surface area contributed by atoms with E-state index in [1.165, 1.54) is 0 Å². The van der Waals surface area contributed by atoms with E-state index in [0.29, 0.717) is 12.5 Å². The van der Waals surface area contributed by atoms with Crippen molar-refractivity contribution in [2.75, 3.05) is 17.2 Å². The van der Waals surface area contributed by atoms with Crippen molar-refractivity contribution in [2.45, 2.75) is 20.4 Å². The normalized spacial score (nSPS) is 10.2. The van der Waals surface area contributed by atoms with E-state index in [0.717, 1.165) is 23.5 Å². The Balaban J connectivity index is 2.06. The van der Waals surface area contributed by atoms with Gasteiger partial charge in [-0.3, -0.25) is 0 Å². The summed E-state index contributed by atoms with van der Waals surface area (Å²) < 4.78 is 5.01. The summed E-state index contributed by atoms with van der Waals surface area (Å²) in [5.74, 6) is 1.49. The molecule has 0 saturated heterocycles. The molecule has 17 heavy (non-hydrogen) atoms. The molecule has 0 unspecified atom stereocenters. The summed E-state index contributed by atoms with van der Waals surface area (Å²) in [6.07, 6.45) is 5.19. The lowest BCUT2D eigenvalue weighted by molar-refractivity contribution is 0.564. The monoisotopic (exact) mass is 232 g/mol. The van der Waals surface area contributed by atoms with E-state index in [1.807, 2.05) is 26.1 Å². The van der Waals surface area contributed by atoms with Crippen LogP contribution in [0.1, 0.15) is 18.1 Å². The van der Waals surface area contributed by atoms with Crippen molar-refractivity contribution in [1.82, 2.24) is 9.97 Å². The van der Waals surface area contributed by atoms with Crippen molar-refractivity contribution in [3.05, 3.63) is 35.9 Å². The summed E-state index contributed by atoms with van der Waals surface area (Å²) >= 11 is 0. The minimum Gasteiger partial charge on any atom is -0.472 e. The first-order chi connectivity index (χ1) is 8.29. The maximum Gasteiger partial charge on any atom is 0.224 e. The molecule has 0 radical (unpaired) electrons. The topological polar surface area (TPSA) is 63.0 Å². The van der Waals surface area contributed by atoms with Crippen LogP contribution in [-0.4, -0.2) is 16.5 Å². The summed E-state index contributed by atoms with van der Waals surface area (Å²) in [6.45, 7) is 5.50. The highest BCUT2D eigenvalue weighted by Gasteiger charge is 2.03. The Labute approximate surface area is 100 Å². The number of aryl methyl sites for hydroxylation is 1. The smallest absolute Gasteiger partial charge is 0.224 e. The van der Waals surface area contributed by atoms with Crippen molar-refractivity contribution in [3.63, 3.8) is 0 Å². The highest BCUT2D eigenvalue weighted by Crippen LogP contribution is 2.13. The van der Waals surface area contributed by atoms with Gasteiger partial charge in [0, 0.05) is 30.4 Å². The van der Waals surface area contributed by atoms with Crippen molar-refractivity contribution >= 4 is 11.8 Å². The first-order valence-corrected chi connectivity index (χ1v) is 5.62. The van der Waals surface area contributed by atoms with E-state index >= 15 is 0 Å². The third kappa shape index (κ3) is 2.96. The van der Waals surface area contributed by atoms with Crippen LogP contribution in [0.4, 0.5) is 11.8 Å². The van der Waals surface area contributed by atoms with Crippen LogP contribution in [0.25, 0.3) is 0 Å². The number of anilines is 2. The van der Waals surface area contributed by atoms with Crippen molar-refractivity contribution in [3.8, 4) is 0 Å². The van der Waals surface area contributed by atoms with E-state index in [2.05, 4.69) is 20.6 Å². The van der Waals surface area contributed by atoms with Crippen molar-refractivity contribution in [1.29, 1.82) is 0 Å². The maximum atomic E-state index is 5.01. The zero-order chi connectivity index (χ0) is 12.1. The molecule has 0 aromatic carbocycles. The molecule has 2 aromatic heterocycles. The van der Waals surface area contributed by atoms with Crippen molar-refractivity contribution in [2.24, 2.45) is 0 Å². The second-order valence-electron chi connectivity index (χ2n) is 3.74. The molecular weight excluding hydrogens is 216 g/mol. The van der Waals surface area contributed by atoms with E-state index in [1.54, 1.807) is 12.5 Å². The van der Waals surface area contributed by atoms with E-state index in [-0.39, 0.29) is 0 Å². The van der Waals surface area contributed by atoms with E-state index < -0.39 is 0 Å². The quantitative estimate of drug-likeness (QED) is 0.829. The Morgan fingerprint density at radius 2 is 2.24 bits per heavy atom. The van der Waals surface area contributed by atoms with Crippen LogP contribution < -0.4 is 10.6 Å². The molecule has 0 saturated carbocycles. The summed E-state index contributed by atoms with van der Waals surface area (Å²) in [5, 5.41) is 6.35. The minimum atomic E-state index is 0.646. The zero-order valence-electron chi connectivity index (χ0n) is 10.0. The van der Waals surface area contributed by atoms with Gasteiger partial charge in [-0.2, -0.15) is 4.98 Å². The van der Waals surface area contributed by atoms with Gasteiger partial charge in [0.1, 0.15) is 5.82 Å². The molecule has 0 amide bonds. The van der Waals surface area contributed by atoms with Gasteiger partial charge in [-0.1, -0.05) is 0 Å². The highest BCUT2D eigenvalue weighted by molar-refractivity contribution is 5.46. The molecule has 2 rings (SSSR count). The minimum absolute atomic E-state index is 0.646. The predicted octanol–water partition coefficient (Wildman–Crippen LogP) is 2.42. The van der Waals surface area contributed by atoms with Crippen LogP contribution in [0.2, 0.25) is 0 Å². The van der Waals surface area contributed by atoms with E-state index in [9.17, 15) is 0 Å². The molecule has 0 aliphatic carbocycles. The van der Waals surface area contributed by atoms with Crippen LogP contribution in [0.15, 0.2) is 29.2 Å². The fraction of sp³-hybridized carbons (Fsp3) is 0.333. The molecule has 0 atom stereocenters. The van der Waals surface area contributed by atoms with Gasteiger partial charge in [-0.05, 0) is 19.9 Å². The molecule has 2 aromatic rings. The lowest BCUT2D eigenvalue weighted by Gasteiger charge is -2.09. The third-order valence-corrected chi connectivity index (χ3v) is 2.35. The van der Waals surface area contributed by atoms with Gasteiger partial charge in [0.15, 0.2) is 0 Å². The first-order valence-electron chi connectivity index (χ1n) is 5.62. The van der Waals surface area contributed by atoms with Gasteiger partial charge < -0.3 is 15.1 Å². The third-order valence-electron chi connectivity index (χ3n) is 2.35. The molecule has 90 valence electrons. The molecule has 0 aliphatic rings. The summed E-state index contributed by atoms with van der Waals surface area (Å²) in [6, 6.07) is 1.93. The Bertz CT molecular complexity index is 467. The molecule has 0 bridgehead atoms. The zero-order valence-corrected chi connectivity index (χ0v) is 10.0. The Morgan fingerprint density at radius 3 is 2.94 bits per heavy atom. The molecule has 0 fully saturated rings. The number of hydrogen-bond donors (Lipinski definition) is 2. The first kappa shape index (κ1) is 11.4. The molecule has 0 spiro atoms. The lowest BCUT2D eigenvalue weighted by Crippen LogP contribution is -2.07. The maximum absolute atomic E-state index is 5.01. The number of aromatic nitrogens is 2. The van der Waals surface area contributed by atoms with Crippen LogP contribution >= 0.6 is 0 Å². The number of rotatable bonds is 5. The SMILES string of the molecule is CCNc1ncc(C)c(NCc2ccoc2)n1. The van der Waals surface area contributed by atoms with Gasteiger partial charge in [-0.15, -0.1) is 0 Å². The average Bonchev–Trinajstić information content (AvgIpc) is 2.83. The molecule has 5 nitrogen and oxygen atoms in total. The molecular formula is C12H16N4O. The number of furan rings is 1. The van der Waals surface area contributed by atoms with Gasteiger partial charge in [0.25, 0.3) is 0 Å². The lowest BCUT2D eigenvalue weighted by atomic mass is 10.3. The molecule has 0 aliphatic heterocycles. The Morgan fingerprint density at radius 1 is 1.35 bits per heavy atom. The molecule has 2 N–H and O–H groups in total. The molecule has 2 heterocycles. The van der Waals surface area contributed by atoms with Crippen LogP contribution in [0.5, 0.6) is 0 Å². The second-order valence-corrected chi connectivity index (χ2v) is 3.74. The van der Waals surface area contributed by atoms with Gasteiger partial charge in [0.2, 0.25) is 5.95 Å². The number of hydrogen-bond acceptors (Lipinski definition) is 5. The molecule has 5 heteroatoms. The fourth-order valence-electron chi connectivity index (χ4n) is 1.44. The van der Waals surface area contributed by atoms with E-state index in [4.69, 9.17) is 4.42 Å². The second kappa shape index (κ2) is 5.34. The number of nitrogens with zero attached hydrogens (tertiary/aromatic N) is 2. The van der Waals surface area contributed by atoms with Gasteiger partial charge >= 0.3 is 0 Å². The summed E-state index contributed by atoms with van der Waals surface area (Å²) in [5.41, 5.74) is 2.11. The predicted molar refractivity (Wildman–Crippen MR) is 67.0 cm³/mol. The summed E-state index contributed by atoms with van der Waals surface area (Å²) in [7, 11) is 0. The standard InChI is InChI=1S/C12H16N4O/c1-3-13-12-15-6-9(2)11(16-12)14-7-10-4-5-17-8-10/h4-6,8H,3,7H2,1-2H3,(H2,13,14,15,16). The Hall–Kier alpha value is -2.04. The van der Waals surface area contributed by atoms with Gasteiger partial charge in [0.05, 0.1) is 12.5 Å². The number of nitrogens with one attached hydrogen (secondary N) is 2. The largest absolute Gasteiger partial charge is 0.472 e. The average molecular weight is 232 g/mol. The highest BCUT2D eigenvalue weighted by atomic mass is 16.3. The fourth-order valence-corrected chi connectivity index (χ4v) is 1.44. The van der Waals surface area contributed by atoms with Crippen LogP contribution in [0, 0.1) is 6.92 Å². The van der Waals surface area contributed by atoms with Crippen LogP contribution in [0.3, 0.4) is 0 Å². The van der Waals surface area contributed by atoms with Crippen LogP contribution in [-0.2, 0) is 6.54 Å². The Kier molecular flexibility index (Phi) is 3.59.